The highest BCUT2D eigenvalue weighted by Gasteiger charge is 2.27. The van der Waals surface area contributed by atoms with Crippen molar-refractivity contribution in [1.29, 1.82) is 0 Å². The van der Waals surface area contributed by atoms with Gasteiger partial charge < -0.3 is 15.2 Å². The lowest BCUT2D eigenvalue weighted by Gasteiger charge is -2.26. The Hall–Kier alpha value is -1.62. The van der Waals surface area contributed by atoms with Crippen LogP contribution in [-0.4, -0.2) is 74.1 Å². The van der Waals surface area contributed by atoms with Crippen LogP contribution >= 0.6 is 11.8 Å². The van der Waals surface area contributed by atoms with Gasteiger partial charge in [0.1, 0.15) is 6.04 Å². The van der Waals surface area contributed by atoms with E-state index in [4.69, 9.17) is 4.74 Å². The number of nitrogens with one attached hydrogen (secondary N) is 1. The summed E-state index contributed by atoms with van der Waals surface area (Å²) in [6, 6.07) is 4.60. The Kier molecular flexibility index (Phi) is 7.44. The predicted octanol–water partition coefficient (Wildman–Crippen LogP) is 0.644. The molecule has 1 fully saturated rings. The number of thioether (sulfide) groups is 1. The number of ether oxygens (including phenoxy) is 1. The van der Waals surface area contributed by atoms with Crippen LogP contribution in [-0.2, 0) is 19.6 Å². The van der Waals surface area contributed by atoms with Gasteiger partial charge in [-0.1, -0.05) is 6.07 Å². The summed E-state index contributed by atoms with van der Waals surface area (Å²) < 4.78 is 31.8. The molecule has 8 nitrogen and oxygen atoms in total. The third-order valence-corrected chi connectivity index (χ3v) is 6.46. The van der Waals surface area contributed by atoms with Gasteiger partial charge in [0.05, 0.1) is 18.1 Å². The van der Waals surface area contributed by atoms with Crippen molar-refractivity contribution in [1.82, 2.24) is 9.62 Å². The Balaban J connectivity index is 2.17. The minimum atomic E-state index is -3.72. The summed E-state index contributed by atoms with van der Waals surface area (Å²) in [5.41, 5.74) is 0.106. The Bertz CT molecular complexity index is 747. The highest BCUT2D eigenvalue weighted by molar-refractivity contribution is 7.98. The Labute approximate surface area is 156 Å². The van der Waals surface area contributed by atoms with E-state index >= 15 is 0 Å². The number of carboxylic acid groups (broad SMARTS) is 1. The average Bonchev–Trinajstić information content (AvgIpc) is 2.65. The molecule has 2 N–H and O–H groups in total. The first-order valence-electron chi connectivity index (χ1n) is 8.07. The predicted molar refractivity (Wildman–Crippen MR) is 97.9 cm³/mol. The van der Waals surface area contributed by atoms with Crippen molar-refractivity contribution in [2.75, 3.05) is 38.3 Å². The van der Waals surface area contributed by atoms with Gasteiger partial charge >= 0.3 is 5.97 Å². The van der Waals surface area contributed by atoms with E-state index in [1.807, 2.05) is 6.26 Å². The number of carboxylic acids is 1. The molecule has 1 aliphatic heterocycles. The zero-order valence-corrected chi connectivity index (χ0v) is 16.0. The van der Waals surface area contributed by atoms with Crippen molar-refractivity contribution < 1.29 is 27.9 Å². The van der Waals surface area contributed by atoms with Gasteiger partial charge in [-0.2, -0.15) is 16.1 Å². The largest absolute Gasteiger partial charge is 0.480 e. The molecule has 0 aromatic heterocycles. The fraction of sp³-hybridized carbons (Fsp3) is 0.500. The Morgan fingerprint density at radius 3 is 2.65 bits per heavy atom. The molecule has 26 heavy (non-hydrogen) atoms. The molecule has 1 aromatic carbocycles. The third-order valence-electron chi connectivity index (χ3n) is 3.92. The maximum atomic E-state index is 12.7. The number of carbonyl (C=O) groups is 2. The average molecular weight is 402 g/mol. The molecule has 0 saturated carbocycles. The van der Waals surface area contributed by atoms with Crippen LogP contribution in [0.3, 0.4) is 0 Å². The van der Waals surface area contributed by atoms with Crippen molar-refractivity contribution >= 4 is 33.7 Å². The molecule has 1 saturated heterocycles. The number of nitrogens with zero attached hydrogens (tertiary/aromatic N) is 1. The van der Waals surface area contributed by atoms with Gasteiger partial charge in [-0.25, -0.2) is 13.2 Å². The SMILES string of the molecule is CSCC[C@@H](NC(=O)c1cccc(S(=O)(=O)N2CCOCC2)c1)C(=O)O. The van der Waals surface area contributed by atoms with Gasteiger partial charge in [-0.05, 0) is 36.6 Å². The van der Waals surface area contributed by atoms with E-state index in [-0.39, 0.29) is 30.0 Å². The van der Waals surface area contributed by atoms with Crippen molar-refractivity contribution in [3.05, 3.63) is 29.8 Å². The molecule has 1 aromatic rings. The van der Waals surface area contributed by atoms with Gasteiger partial charge in [0.15, 0.2) is 0 Å². The summed E-state index contributed by atoms with van der Waals surface area (Å²) in [6.45, 7) is 1.17. The van der Waals surface area contributed by atoms with Crippen LogP contribution in [0, 0.1) is 0 Å². The molecule has 1 heterocycles. The molecule has 0 aliphatic carbocycles. The summed E-state index contributed by atoms with van der Waals surface area (Å²) in [5.74, 6) is -1.15. The fourth-order valence-electron chi connectivity index (χ4n) is 2.47. The highest BCUT2D eigenvalue weighted by Crippen LogP contribution is 2.18. The first-order chi connectivity index (χ1) is 12.4. The van der Waals surface area contributed by atoms with Crippen LogP contribution in [0.15, 0.2) is 29.2 Å². The molecular formula is C16H22N2O6S2. The standard InChI is InChI=1S/C16H22N2O6S2/c1-25-10-5-14(16(20)21)17-15(19)12-3-2-4-13(11-12)26(22,23)18-6-8-24-9-7-18/h2-4,11,14H,5-10H2,1H3,(H,17,19)(H,20,21)/t14-/m1/s1. The summed E-state index contributed by atoms with van der Waals surface area (Å²) in [6.07, 6.45) is 2.13. The van der Waals surface area contributed by atoms with Crippen LogP contribution in [0.25, 0.3) is 0 Å². The number of carbonyl (C=O) groups excluding carboxylic acids is 1. The number of hydrogen-bond acceptors (Lipinski definition) is 6. The molecule has 1 atom stereocenters. The lowest BCUT2D eigenvalue weighted by Crippen LogP contribution is -2.41. The maximum Gasteiger partial charge on any atom is 0.326 e. The van der Waals surface area contributed by atoms with Gasteiger partial charge in [0.2, 0.25) is 10.0 Å². The first kappa shape index (κ1) is 20.7. The van der Waals surface area contributed by atoms with Gasteiger partial charge in [0, 0.05) is 18.7 Å². The van der Waals surface area contributed by atoms with Crippen LogP contribution in [0.2, 0.25) is 0 Å². The van der Waals surface area contributed by atoms with E-state index in [0.29, 0.717) is 19.0 Å². The van der Waals surface area contributed by atoms with E-state index in [0.717, 1.165) is 0 Å². The minimum absolute atomic E-state index is 0.00281. The zero-order valence-electron chi connectivity index (χ0n) is 14.4. The van der Waals surface area contributed by atoms with E-state index in [1.165, 1.54) is 40.3 Å². The maximum absolute atomic E-state index is 12.7. The summed E-state index contributed by atoms with van der Waals surface area (Å²) >= 11 is 1.48. The highest BCUT2D eigenvalue weighted by atomic mass is 32.2. The summed E-state index contributed by atoms with van der Waals surface area (Å²) in [5, 5.41) is 11.7. The second kappa shape index (κ2) is 9.36. The lowest BCUT2D eigenvalue weighted by molar-refractivity contribution is -0.139. The number of rotatable bonds is 8. The van der Waals surface area contributed by atoms with Gasteiger partial charge in [0.25, 0.3) is 5.91 Å². The van der Waals surface area contributed by atoms with E-state index in [2.05, 4.69) is 5.32 Å². The second-order valence-electron chi connectivity index (χ2n) is 5.69. The number of morpholine rings is 1. The summed E-state index contributed by atoms with van der Waals surface area (Å²) in [7, 11) is -3.72. The molecule has 0 radical (unpaired) electrons. The van der Waals surface area contributed by atoms with E-state index < -0.39 is 27.9 Å². The normalized spacial score (nSPS) is 16.8. The van der Waals surface area contributed by atoms with Crippen LogP contribution in [0.4, 0.5) is 0 Å². The number of hydrogen-bond donors (Lipinski definition) is 2. The lowest BCUT2D eigenvalue weighted by atomic mass is 10.1. The molecule has 2 rings (SSSR count). The van der Waals surface area contributed by atoms with Crippen LogP contribution in [0.1, 0.15) is 16.8 Å². The number of sulfonamides is 1. The van der Waals surface area contributed by atoms with E-state index in [1.54, 1.807) is 0 Å². The topological polar surface area (TPSA) is 113 Å². The van der Waals surface area contributed by atoms with Gasteiger partial charge in [-0.3, -0.25) is 4.79 Å². The smallest absolute Gasteiger partial charge is 0.326 e. The van der Waals surface area contributed by atoms with Crippen LogP contribution in [0.5, 0.6) is 0 Å². The Morgan fingerprint density at radius 2 is 2.04 bits per heavy atom. The number of amides is 1. The van der Waals surface area contributed by atoms with Gasteiger partial charge in [-0.15, -0.1) is 0 Å². The first-order valence-corrected chi connectivity index (χ1v) is 10.9. The Morgan fingerprint density at radius 1 is 1.35 bits per heavy atom. The molecule has 0 unspecified atom stereocenters. The molecule has 0 spiro atoms. The monoisotopic (exact) mass is 402 g/mol. The molecule has 144 valence electrons. The summed E-state index contributed by atoms with van der Waals surface area (Å²) in [4.78, 5) is 23.6. The van der Waals surface area contributed by atoms with Crippen molar-refractivity contribution in [2.24, 2.45) is 0 Å². The zero-order chi connectivity index (χ0) is 19.2. The fourth-order valence-corrected chi connectivity index (χ4v) is 4.39. The van der Waals surface area contributed by atoms with Crippen molar-refractivity contribution in [2.45, 2.75) is 17.4 Å². The quantitative estimate of drug-likeness (QED) is 0.656. The number of benzene rings is 1. The molecule has 0 bridgehead atoms. The molecule has 1 aliphatic rings. The van der Waals surface area contributed by atoms with Crippen molar-refractivity contribution in [3.8, 4) is 0 Å². The van der Waals surface area contributed by atoms with E-state index in [9.17, 15) is 23.1 Å². The molecule has 10 heteroatoms. The third kappa shape index (κ3) is 5.19. The van der Waals surface area contributed by atoms with Crippen molar-refractivity contribution in [3.63, 3.8) is 0 Å². The minimum Gasteiger partial charge on any atom is -0.480 e. The van der Waals surface area contributed by atoms with Crippen LogP contribution < -0.4 is 5.32 Å². The molecular weight excluding hydrogens is 380 g/mol. The number of aliphatic carboxylic acids is 1. The second-order valence-corrected chi connectivity index (χ2v) is 8.61. The molecule has 1 amide bonds.